The zero-order valence-corrected chi connectivity index (χ0v) is 14.2. The van der Waals surface area contributed by atoms with Gasteiger partial charge >= 0.3 is 6.18 Å². The van der Waals surface area contributed by atoms with E-state index in [2.05, 4.69) is 9.97 Å². The van der Waals surface area contributed by atoms with E-state index in [0.29, 0.717) is 42.9 Å². The van der Waals surface area contributed by atoms with Crippen molar-refractivity contribution in [2.75, 3.05) is 31.2 Å². The van der Waals surface area contributed by atoms with Crippen LogP contribution >= 0.6 is 0 Å². The van der Waals surface area contributed by atoms with Crippen LogP contribution in [0.25, 0.3) is 10.9 Å². The number of fused-ring (bicyclic) bond motifs is 1. The summed E-state index contributed by atoms with van der Waals surface area (Å²) in [5.41, 5.74) is -0.617. The van der Waals surface area contributed by atoms with E-state index < -0.39 is 17.5 Å². The third-order valence-electron chi connectivity index (χ3n) is 5.72. The summed E-state index contributed by atoms with van der Waals surface area (Å²) < 4.78 is 46.2. The first-order chi connectivity index (χ1) is 12.4. The highest BCUT2D eigenvalue weighted by Crippen LogP contribution is 2.51. The molecule has 2 aromatic rings. The molecule has 0 amide bonds. The van der Waals surface area contributed by atoms with Crippen LogP contribution in [0, 0.1) is 11.3 Å². The molecule has 2 fully saturated rings. The molecule has 2 aliphatic heterocycles. The summed E-state index contributed by atoms with van der Waals surface area (Å²) in [5.74, 6) is -0.998. The zero-order valence-electron chi connectivity index (χ0n) is 14.2. The third-order valence-corrected chi connectivity index (χ3v) is 5.72. The van der Waals surface area contributed by atoms with Gasteiger partial charge < -0.3 is 9.64 Å². The van der Waals surface area contributed by atoms with Crippen LogP contribution in [0.2, 0.25) is 0 Å². The van der Waals surface area contributed by atoms with Gasteiger partial charge in [-0.15, -0.1) is 0 Å². The van der Waals surface area contributed by atoms with Gasteiger partial charge in [0.25, 0.3) is 5.56 Å². The van der Waals surface area contributed by atoms with Crippen molar-refractivity contribution in [2.24, 2.45) is 11.3 Å². The van der Waals surface area contributed by atoms with Crippen molar-refractivity contribution in [3.8, 4) is 0 Å². The molecule has 2 aliphatic rings. The highest BCUT2D eigenvalue weighted by atomic mass is 19.4. The molecule has 1 N–H and O–H groups in total. The summed E-state index contributed by atoms with van der Waals surface area (Å²) in [6.07, 6.45) is -3.50. The molecule has 140 valence electrons. The molecule has 1 spiro atoms. The van der Waals surface area contributed by atoms with Gasteiger partial charge in [-0.25, -0.2) is 4.98 Å². The van der Waals surface area contributed by atoms with Crippen molar-refractivity contribution in [1.29, 1.82) is 0 Å². The van der Waals surface area contributed by atoms with Crippen molar-refractivity contribution in [1.82, 2.24) is 9.97 Å². The molecule has 8 heteroatoms. The van der Waals surface area contributed by atoms with E-state index in [-0.39, 0.29) is 25.1 Å². The molecular weight excluding hydrogens is 347 g/mol. The Morgan fingerprint density at radius 3 is 2.69 bits per heavy atom. The minimum absolute atomic E-state index is 0.0000370. The summed E-state index contributed by atoms with van der Waals surface area (Å²) in [5, 5.41) is 0.474. The van der Waals surface area contributed by atoms with E-state index >= 15 is 0 Å². The molecule has 0 bridgehead atoms. The Morgan fingerprint density at radius 2 is 1.96 bits per heavy atom. The summed E-state index contributed by atoms with van der Waals surface area (Å²) in [6, 6.07) is 6.96. The number of hydrogen-bond donors (Lipinski definition) is 1. The van der Waals surface area contributed by atoms with Crippen LogP contribution in [0.5, 0.6) is 0 Å². The fourth-order valence-corrected chi connectivity index (χ4v) is 4.36. The lowest BCUT2D eigenvalue weighted by atomic mass is 9.66. The molecule has 26 heavy (non-hydrogen) atoms. The number of aromatic nitrogens is 2. The predicted octanol–water partition coefficient (Wildman–Crippen LogP) is 3.11. The van der Waals surface area contributed by atoms with Gasteiger partial charge in [-0.2, -0.15) is 13.2 Å². The first-order valence-corrected chi connectivity index (χ1v) is 8.78. The Labute approximate surface area is 148 Å². The van der Waals surface area contributed by atoms with Crippen LogP contribution in [0.1, 0.15) is 19.3 Å². The first-order valence-electron chi connectivity index (χ1n) is 8.78. The van der Waals surface area contributed by atoms with Crippen LogP contribution < -0.4 is 10.5 Å². The molecule has 2 saturated heterocycles. The molecule has 3 heterocycles. The largest absolute Gasteiger partial charge is 0.392 e. The van der Waals surface area contributed by atoms with Gasteiger partial charge in [-0.05, 0) is 31.4 Å². The average molecular weight is 367 g/mol. The number of piperidine rings is 1. The highest BCUT2D eigenvalue weighted by Gasteiger charge is 2.56. The Balaban J connectivity index is 1.70. The fourth-order valence-electron chi connectivity index (χ4n) is 4.36. The Morgan fingerprint density at radius 1 is 1.23 bits per heavy atom. The summed E-state index contributed by atoms with van der Waals surface area (Å²) in [6.45, 7) is 1.11. The topological polar surface area (TPSA) is 58.2 Å². The number of benzene rings is 1. The lowest BCUT2D eigenvalue weighted by Gasteiger charge is -2.50. The van der Waals surface area contributed by atoms with Gasteiger partial charge in [0.2, 0.25) is 5.95 Å². The number of nitrogens with zero attached hydrogens (tertiary/aromatic N) is 2. The van der Waals surface area contributed by atoms with Gasteiger partial charge in [-0.3, -0.25) is 9.78 Å². The average Bonchev–Trinajstić information content (AvgIpc) is 2.61. The van der Waals surface area contributed by atoms with E-state index in [0.717, 1.165) is 0 Å². The Kier molecular flexibility index (Phi) is 4.17. The van der Waals surface area contributed by atoms with E-state index in [4.69, 9.17) is 4.74 Å². The fraction of sp³-hybridized carbons (Fsp3) is 0.556. The number of aromatic amines is 1. The van der Waals surface area contributed by atoms with Gasteiger partial charge in [0.15, 0.2) is 0 Å². The van der Waals surface area contributed by atoms with Gasteiger partial charge in [0, 0.05) is 31.7 Å². The molecule has 1 aromatic carbocycles. The third kappa shape index (κ3) is 2.96. The predicted molar refractivity (Wildman–Crippen MR) is 91.2 cm³/mol. The summed E-state index contributed by atoms with van der Waals surface area (Å²) in [7, 11) is 0. The number of ether oxygens (including phenoxy) is 1. The maximum absolute atomic E-state index is 13.6. The van der Waals surface area contributed by atoms with E-state index in [1.54, 1.807) is 29.2 Å². The van der Waals surface area contributed by atoms with Gasteiger partial charge in [0.1, 0.15) is 0 Å². The van der Waals surface area contributed by atoms with Gasteiger partial charge in [-0.1, -0.05) is 12.1 Å². The van der Waals surface area contributed by atoms with Crippen LogP contribution in [0.3, 0.4) is 0 Å². The second-order valence-corrected chi connectivity index (χ2v) is 7.19. The number of rotatable bonds is 1. The maximum Gasteiger partial charge on any atom is 0.392 e. The second kappa shape index (κ2) is 6.26. The lowest BCUT2D eigenvalue weighted by molar-refractivity contribution is -0.223. The quantitative estimate of drug-likeness (QED) is 0.842. The van der Waals surface area contributed by atoms with Crippen molar-refractivity contribution >= 4 is 16.9 Å². The molecule has 0 aliphatic carbocycles. The number of hydrogen-bond acceptors (Lipinski definition) is 4. The van der Waals surface area contributed by atoms with Crippen LogP contribution in [-0.2, 0) is 4.74 Å². The maximum atomic E-state index is 13.6. The SMILES string of the molecule is O=c1[nH]c(N2CCC(C(F)(F)F)C3(CCOCC3)C2)nc2ccccc12. The van der Waals surface area contributed by atoms with E-state index in [9.17, 15) is 18.0 Å². The summed E-state index contributed by atoms with van der Waals surface area (Å²) >= 11 is 0. The smallest absolute Gasteiger partial charge is 0.381 e. The Bertz CT molecular complexity index is 859. The lowest BCUT2D eigenvalue weighted by Crippen LogP contribution is -2.56. The van der Waals surface area contributed by atoms with Crippen molar-refractivity contribution in [2.45, 2.75) is 25.4 Å². The molecule has 4 rings (SSSR count). The van der Waals surface area contributed by atoms with Crippen LogP contribution in [0.15, 0.2) is 29.1 Å². The number of para-hydroxylation sites is 1. The standard InChI is InChI=1S/C18H20F3N3O2/c19-18(20,21)14-5-8-24(11-17(14)6-9-26-10-7-17)16-22-13-4-2-1-3-12(13)15(25)23-16/h1-4,14H,5-11H2,(H,22,23,25). The first kappa shape index (κ1) is 17.3. The molecular formula is C18H20F3N3O2. The monoisotopic (exact) mass is 367 g/mol. The van der Waals surface area contributed by atoms with Crippen molar-refractivity contribution in [3.63, 3.8) is 0 Å². The molecule has 1 unspecified atom stereocenters. The molecule has 1 atom stereocenters. The summed E-state index contributed by atoms with van der Waals surface area (Å²) in [4.78, 5) is 21.3. The minimum Gasteiger partial charge on any atom is -0.381 e. The number of nitrogens with one attached hydrogen (secondary N) is 1. The van der Waals surface area contributed by atoms with E-state index in [1.807, 2.05) is 0 Å². The molecule has 0 saturated carbocycles. The second-order valence-electron chi connectivity index (χ2n) is 7.19. The normalized spacial score (nSPS) is 23.5. The number of anilines is 1. The Hall–Kier alpha value is -2.09. The van der Waals surface area contributed by atoms with Crippen molar-refractivity contribution in [3.05, 3.63) is 34.6 Å². The van der Waals surface area contributed by atoms with E-state index in [1.165, 1.54) is 0 Å². The number of alkyl halides is 3. The molecule has 5 nitrogen and oxygen atoms in total. The van der Waals surface area contributed by atoms with Crippen LogP contribution in [-0.4, -0.2) is 42.4 Å². The zero-order chi connectivity index (χ0) is 18.4. The number of halogens is 3. The highest BCUT2D eigenvalue weighted by molar-refractivity contribution is 5.78. The molecule has 0 radical (unpaired) electrons. The van der Waals surface area contributed by atoms with Crippen LogP contribution in [0.4, 0.5) is 19.1 Å². The minimum atomic E-state index is -4.23. The van der Waals surface area contributed by atoms with Crippen molar-refractivity contribution < 1.29 is 17.9 Å². The van der Waals surface area contributed by atoms with Gasteiger partial charge in [0.05, 0.1) is 16.8 Å². The molecule has 1 aromatic heterocycles. The number of H-pyrrole nitrogens is 1.